The fraction of sp³-hybridized carbons (Fsp3) is 0.227. The molecule has 30 heavy (non-hydrogen) atoms. The molecular formula is C22H20BrN3O4. The Labute approximate surface area is 182 Å². The van der Waals surface area contributed by atoms with Crippen LogP contribution in [0, 0.1) is 0 Å². The number of carbonyl (C=O) groups is 2. The number of benzene rings is 2. The van der Waals surface area contributed by atoms with Crippen molar-refractivity contribution in [3.63, 3.8) is 0 Å². The quantitative estimate of drug-likeness (QED) is 0.554. The molecule has 0 atom stereocenters. The molecule has 1 aliphatic heterocycles. The lowest BCUT2D eigenvalue weighted by molar-refractivity contribution is -0.129. The van der Waals surface area contributed by atoms with Crippen LogP contribution in [0.3, 0.4) is 0 Å². The van der Waals surface area contributed by atoms with Crippen LogP contribution in [-0.4, -0.2) is 42.6 Å². The van der Waals surface area contributed by atoms with Gasteiger partial charge < -0.3 is 9.47 Å². The van der Waals surface area contributed by atoms with Crippen LogP contribution < -0.4 is 14.4 Å². The number of hydrogen-bond acceptors (Lipinski definition) is 5. The van der Waals surface area contributed by atoms with Crippen molar-refractivity contribution in [1.82, 2.24) is 9.88 Å². The fourth-order valence-corrected chi connectivity index (χ4v) is 3.86. The van der Waals surface area contributed by atoms with Gasteiger partial charge in [0.2, 0.25) is 5.91 Å². The van der Waals surface area contributed by atoms with Crippen molar-refractivity contribution in [1.29, 1.82) is 0 Å². The Morgan fingerprint density at radius 3 is 2.67 bits per heavy atom. The highest BCUT2D eigenvalue weighted by molar-refractivity contribution is 9.10. The number of fused-ring (bicyclic) bond motifs is 1. The highest BCUT2D eigenvalue weighted by Gasteiger charge is 2.33. The number of nitrogens with zero attached hydrogens (tertiary/aromatic N) is 3. The summed E-state index contributed by atoms with van der Waals surface area (Å²) < 4.78 is 11.6. The maximum Gasteiger partial charge on any atom is 0.331 e. The molecule has 1 fully saturated rings. The van der Waals surface area contributed by atoms with E-state index >= 15 is 0 Å². The first-order valence-electron chi connectivity index (χ1n) is 9.38. The Balaban J connectivity index is 1.63. The average Bonchev–Trinajstić information content (AvgIpc) is 2.76. The largest absolute Gasteiger partial charge is 0.497 e. The molecule has 7 nitrogen and oxygen atoms in total. The molecule has 2 heterocycles. The van der Waals surface area contributed by atoms with E-state index in [-0.39, 0.29) is 24.9 Å². The zero-order chi connectivity index (χ0) is 21.3. The highest BCUT2D eigenvalue weighted by atomic mass is 79.9. The van der Waals surface area contributed by atoms with Gasteiger partial charge in [-0.15, -0.1) is 0 Å². The van der Waals surface area contributed by atoms with Crippen LogP contribution in [0.4, 0.5) is 10.5 Å². The molecule has 154 valence electrons. The van der Waals surface area contributed by atoms with E-state index in [1.54, 1.807) is 43.5 Å². The summed E-state index contributed by atoms with van der Waals surface area (Å²) in [7, 11) is 3.11. The van der Waals surface area contributed by atoms with Crippen LogP contribution in [0.1, 0.15) is 12.0 Å². The molecule has 0 radical (unpaired) electrons. The van der Waals surface area contributed by atoms with Crippen LogP contribution in [0.2, 0.25) is 0 Å². The lowest BCUT2D eigenvalue weighted by Crippen LogP contribution is -2.52. The minimum Gasteiger partial charge on any atom is -0.497 e. The number of hydrogen-bond donors (Lipinski definition) is 0. The number of amides is 3. The van der Waals surface area contributed by atoms with Crippen LogP contribution in [0.5, 0.6) is 11.5 Å². The third-order valence-electron chi connectivity index (χ3n) is 5.08. The van der Waals surface area contributed by atoms with Gasteiger partial charge in [0.1, 0.15) is 11.5 Å². The highest BCUT2D eigenvalue weighted by Crippen LogP contribution is 2.29. The fourth-order valence-electron chi connectivity index (χ4n) is 3.48. The molecule has 0 spiro atoms. The van der Waals surface area contributed by atoms with Gasteiger partial charge in [-0.3, -0.25) is 19.6 Å². The van der Waals surface area contributed by atoms with Gasteiger partial charge in [0.05, 0.1) is 38.2 Å². The van der Waals surface area contributed by atoms with Crippen molar-refractivity contribution < 1.29 is 19.1 Å². The van der Waals surface area contributed by atoms with E-state index in [1.807, 2.05) is 24.3 Å². The molecule has 0 N–H and O–H groups in total. The Morgan fingerprint density at radius 1 is 1.07 bits per heavy atom. The molecule has 0 unspecified atom stereocenters. The summed E-state index contributed by atoms with van der Waals surface area (Å²) >= 11 is 3.46. The van der Waals surface area contributed by atoms with E-state index in [2.05, 4.69) is 20.9 Å². The van der Waals surface area contributed by atoms with Crippen molar-refractivity contribution in [2.45, 2.75) is 13.0 Å². The molecule has 2 aromatic carbocycles. The van der Waals surface area contributed by atoms with Crippen LogP contribution in [-0.2, 0) is 11.3 Å². The van der Waals surface area contributed by atoms with Gasteiger partial charge in [-0.2, -0.15) is 0 Å². The zero-order valence-corrected chi connectivity index (χ0v) is 18.2. The van der Waals surface area contributed by atoms with Gasteiger partial charge in [-0.1, -0.05) is 15.9 Å². The predicted octanol–water partition coefficient (Wildman–Crippen LogP) is 4.37. The summed E-state index contributed by atoms with van der Waals surface area (Å²) in [6, 6.07) is 12.6. The first-order valence-corrected chi connectivity index (χ1v) is 10.2. The van der Waals surface area contributed by atoms with Crippen molar-refractivity contribution in [2.24, 2.45) is 0 Å². The Morgan fingerprint density at radius 2 is 1.90 bits per heavy atom. The van der Waals surface area contributed by atoms with Gasteiger partial charge in [0.15, 0.2) is 0 Å². The minimum atomic E-state index is -0.375. The number of urea groups is 1. The van der Waals surface area contributed by atoms with E-state index in [0.717, 1.165) is 20.9 Å². The minimum absolute atomic E-state index is 0.119. The Kier molecular flexibility index (Phi) is 5.59. The summed E-state index contributed by atoms with van der Waals surface area (Å²) in [5.74, 6) is 0.983. The third-order valence-corrected chi connectivity index (χ3v) is 5.57. The molecule has 0 aliphatic carbocycles. The van der Waals surface area contributed by atoms with Crippen molar-refractivity contribution in [2.75, 3.05) is 25.7 Å². The first-order chi connectivity index (χ1) is 14.5. The maximum absolute atomic E-state index is 13.2. The summed E-state index contributed by atoms with van der Waals surface area (Å²) in [6.07, 6.45) is 1.90. The first kappa shape index (κ1) is 20.2. The van der Waals surface area contributed by atoms with E-state index in [4.69, 9.17) is 9.47 Å². The molecule has 0 bridgehead atoms. The molecule has 8 heteroatoms. The van der Waals surface area contributed by atoms with E-state index < -0.39 is 0 Å². The van der Waals surface area contributed by atoms with Gasteiger partial charge in [-0.25, -0.2) is 4.79 Å². The number of carbonyl (C=O) groups excluding carboxylic acids is 2. The lowest BCUT2D eigenvalue weighted by atomic mass is 10.1. The smallest absolute Gasteiger partial charge is 0.331 e. The molecule has 1 saturated heterocycles. The van der Waals surface area contributed by atoms with Crippen molar-refractivity contribution >= 4 is 44.5 Å². The van der Waals surface area contributed by atoms with Crippen LogP contribution >= 0.6 is 15.9 Å². The number of halogens is 1. The standard InChI is InChI=1S/C22H20BrN3O4/c1-29-18-5-3-14(20(11-18)30-2)13-26-21(27)7-8-25(22(26)28)17-10-15-9-16(23)4-6-19(15)24-12-17/h3-6,9-12H,7-8,13H2,1-2H3. The molecule has 1 aliphatic rings. The van der Waals surface area contributed by atoms with Gasteiger partial charge in [0, 0.05) is 34.5 Å². The molecule has 3 amide bonds. The van der Waals surface area contributed by atoms with Gasteiger partial charge in [0.25, 0.3) is 0 Å². The van der Waals surface area contributed by atoms with Crippen molar-refractivity contribution in [3.8, 4) is 11.5 Å². The molecule has 1 aromatic heterocycles. The topological polar surface area (TPSA) is 72.0 Å². The Hall–Kier alpha value is -3.13. The SMILES string of the molecule is COc1ccc(CN2C(=O)CCN(c3cnc4ccc(Br)cc4c3)C2=O)c(OC)c1. The van der Waals surface area contributed by atoms with E-state index in [1.165, 1.54) is 4.90 Å². The molecular weight excluding hydrogens is 450 g/mol. The predicted molar refractivity (Wildman–Crippen MR) is 117 cm³/mol. The number of aromatic nitrogens is 1. The van der Waals surface area contributed by atoms with Crippen LogP contribution in [0.25, 0.3) is 10.9 Å². The second kappa shape index (κ2) is 8.31. The molecule has 4 rings (SSSR count). The van der Waals surface area contributed by atoms with Crippen molar-refractivity contribution in [3.05, 3.63) is 58.7 Å². The number of methoxy groups -OCH3 is 2. The third kappa shape index (κ3) is 3.82. The zero-order valence-electron chi connectivity index (χ0n) is 16.6. The Bertz CT molecular complexity index is 1130. The lowest BCUT2D eigenvalue weighted by Gasteiger charge is -2.34. The summed E-state index contributed by atoms with van der Waals surface area (Å²) in [4.78, 5) is 33.0. The number of ether oxygens (including phenoxy) is 2. The summed E-state index contributed by atoms with van der Waals surface area (Å²) in [6.45, 7) is 0.434. The summed E-state index contributed by atoms with van der Waals surface area (Å²) in [5.41, 5.74) is 2.22. The monoisotopic (exact) mass is 469 g/mol. The second-order valence-corrected chi connectivity index (χ2v) is 7.79. The average molecular weight is 470 g/mol. The normalized spacial score (nSPS) is 14.4. The molecule has 3 aromatic rings. The van der Waals surface area contributed by atoms with Crippen LogP contribution in [0.15, 0.2) is 53.1 Å². The van der Waals surface area contributed by atoms with Gasteiger partial charge >= 0.3 is 6.03 Å². The van der Waals surface area contributed by atoms with E-state index in [0.29, 0.717) is 23.7 Å². The number of imide groups is 1. The number of anilines is 1. The second-order valence-electron chi connectivity index (χ2n) is 6.87. The molecule has 0 saturated carbocycles. The summed E-state index contributed by atoms with van der Waals surface area (Å²) in [5, 5.41) is 0.912. The van der Waals surface area contributed by atoms with Gasteiger partial charge in [-0.05, 0) is 36.4 Å². The number of rotatable bonds is 5. The number of pyridine rings is 1. The maximum atomic E-state index is 13.2. The van der Waals surface area contributed by atoms with E-state index in [9.17, 15) is 9.59 Å².